The van der Waals surface area contributed by atoms with E-state index in [2.05, 4.69) is 15.5 Å². The quantitative estimate of drug-likeness (QED) is 0.657. The van der Waals surface area contributed by atoms with E-state index in [0.29, 0.717) is 24.9 Å². The first-order valence-corrected chi connectivity index (χ1v) is 9.44. The lowest BCUT2D eigenvalue weighted by Gasteiger charge is -2.04. The molecule has 8 heteroatoms. The molecular weight excluding hydrogens is 346 g/mol. The van der Waals surface area contributed by atoms with Crippen LogP contribution in [0.1, 0.15) is 50.2 Å². The second kappa shape index (κ2) is 7.38. The summed E-state index contributed by atoms with van der Waals surface area (Å²) in [5, 5.41) is 6.71. The molecule has 2 aromatic heterocycles. The van der Waals surface area contributed by atoms with Gasteiger partial charge in [-0.05, 0) is 31.4 Å². The maximum atomic E-state index is 12.7. The number of benzene rings is 1. The van der Waals surface area contributed by atoms with Gasteiger partial charge in [0, 0.05) is 25.4 Å². The van der Waals surface area contributed by atoms with Crippen molar-refractivity contribution in [3.05, 3.63) is 46.5 Å². The number of fused-ring (bicyclic) bond motifs is 1. The van der Waals surface area contributed by atoms with Gasteiger partial charge >= 0.3 is 5.69 Å². The van der Waals surface area contributed by atoms with Crippen molar-refractivity contribution in [1.82, 2.24) is 24.6 Å². The van der Waals surface area contributed by atoms with Crippen LogP contribution in [-0.4, -0.2) is 25.2 Å². The Bertz CT molecular complexity index is 1010. The van der Waals surface area contributed by atoms with E-state index in [1.165, 1.54) is 0 Å². The minimum atomic E-state index is -0.152. The third-order valence-electron chi connectivity index (χ3n) is 4.80. The maximum Gasteiger partial charge on any atom is 0.329 e. The van der Waals surface area contributed by atoms with Crippen molar-refractivity contribution in [2.45, 2.75) is 58.2 Å². The van der Waals surface area contributed by atoms with Crippen molar-refractivity contribution in [1.29, 1.82) is 0 Å². The first-order valence-electron chi connectivity index (χ1n) is 9.44. The van der Waals surface area contributed by atoms with Crippen LogP contribution in [0, 0.1) is 0 Å². The molecule has 0 saturated heterocycles. The summed E-state index contributed by atoms with van der Waals surface area (Å²) in [7, 11) is 0. The van der Waals surface area contributed by atoms with E-state index in [1.54, 1.807) is 9.13 Å². The van der Waals surface area contributed by atoms with Crippen LogP contribution in [0.2, 0.25) is 0 Å². The Balaban J connectivity index is 1.39. The molecular formula is C19H23N5O3. The van der Waals surface area contributed by atoms with Crippen LogP contribution < -0.4 is 11.0 Å². The fourth-order valence-corrected chi connectivity index (χ4v) is 3.25. The molecule has 142 valence electrons. The van der Waals surface area contributed by atoms with Crippen molar-refractivity contribution in [2.75, 3.05) is 0 Å². The molecule has 1 aliphatic carbocycles. The van der Waals surface area contributed by atoms with Crippen LogP contribution in [0.15, 0.2) is 33.6 Å². The van der Waals surface area contributed by atoms with Gasteiger partial charge in [0.25, 0.3) is 0 Å². The fourth-order valence-electron chi connectivity index (χ4n) is 3.25. The summed E-state index contributed by atoms with van der Waals surface area (Å²) in [6, 6.07) is 7.68. The predicted octanol–water partition coefficient (Wildman–Crippen LogP) is 2.18. The average Bonchev–Trinajstić information content (AvgIpc) is 3.36. The lowest BCUT2D eigenvalue weighted by molar-refractivity contribution is -0.121. The Labute approximate surface area is 156 Å². The predicted molar refractivity (Wildman–Crippen MR) is 99.2 cm³/mol. The number of amides is 1. The van der Waals surface area contributed by atoms with Gasteiger partial charge in [-0.3, -0.25) is 13.9 Å². The zero-order valence-corrected chi connectivity index (χ0v) is 15.4. The van der Waals surface area contributed by atoms with Gasteiger partial charge in [0.05, 0.1) is 17.6 Å². The van der Waals surface area contributed by atoms with E-state index in [-0.39, 0.29) is 24.6 Å². The number of carbonyl (C=O) groups is 1. The standard InChI is InChI=1S/C19H23N5O3/c1-2-10-23-14-5-3-4-6-15(14)24(19(23)26)11-9-16(25)20-12-17-21-18(22-27-17)13-7-8-13/h3-6,13H,2,7-12H2,1H3,(H,20,25). The molecule has 1 N–H and O–H groups in total. The largest absolute Gasteiger partial charge is 0.347 e. The number of rotatable bonds is 8. The van der Waals surface area contributed by atoms with Gasteiger partial charge in [-0.2, -0.15) is 4.98 Å². The van der Waals surface area contributed by atoms with Gasteiger partial charge in [0.2, 0.25) is 11.8 Å². The first-order chi connectivity index (χ1) is 13.2. The van der Waals surface area contributed by atoms with Crippen LogP contribution in [-0.2, 0) is 24.4 Å². The van der Waals surface area contributed by atoms with E-state index in [0.717, 1.165) is 36.1 Å². The second-order valence-corrected chi connectivity index (χ2v) is 6.92. The SMILES string of the molecule is CCCn1c(=O)n(CCC(=O)NCc2nc(C3CC3)no2)c2ccccc21. The summed E-state index contributed by atoms with van der Waals surface area (Å²) < 4.78 is 8.59. The normalized spacial score (nSPS) is 14.0. The third-order valence-corrected chi connectivity index (χ3v) is 4.80. The lowest BCUT2D eigenvalue weighted by atomic mass is 10.3. The van der Waals surface area contributed by atoms with Crippen LogP contribution in [0.4, 0.5) is 0 Å². The number of para-hydroxylation sites is 2. The van der Waals surface area contributed by atoms with Crippen molar-refractivity contribution < 1.29 is 9.32 Å². The van der Waals surface area contributed by atoms with Crippen LogP contribution in [0.5, 0.6) is 0 Å². The number of carbonyl (C=O) groups excluding carboxylic acids is 1. The number of nitrogens with one attached hydrogen (secondary N) is 1. The zero-order valence-electron chi connectivity index (χ0n) is 15.4. The molecule has 3 aromatic rings. The molecule has 1 amide bonds. The lowest BCUT2D eigenvalue weighted by Crippen LogP contribution is -2.28. The molecule has 1 aromatic carbocycles. The average molecular weight is 369 g/mol. The van der Waals surface area contributed by atoms with Gasteiger partial charge in [-0.1, -0.05) is 24.2 Å². The van der Waals surface area contributed by atoms with Gasteiger partial charge in [-0.25, -0.2) is 4.79 Å². The van der Waals surface area contributed by atoms with Crippen LogP contribution in [0.25, 0.3) is 11.0 Å². The van der Waals surface area contributed by atoms with E-state index in [4.69, 9.17) is 4.52 Å². The van der Waals surface area contributed by atoms with E-state index in [9.17, 15) is 9.59 Å². The molecule has 1 fully saturated rings. The van der Waals surface area contributed by atoms with Gasteiger partial charge in [-0.15, -0.1) is 0 Å². The second-order valence-electron chi connectivity index (χ2n) is 6.92. The summed E-state index contributed by atoms with van der Waals surface area (Å²) in [5.74, 6) is 1.42. The minimum Gasteiger partial charge on any atom is -0.347 e. The molecule has 8 nitrogen and oxygen atoms in total. The summed E-state index contributed by atoms with van der Waals surface area (Å²) in [4.78, 5) is 29.2. The number of aryl methyl sites for hydroxylation is 2. The Morgan fingerprint density at radius 2 is 1.93 bits per heavy atom. The highest BCUT2D eigenvalue weighted by Gasteiger charge is 2.28. The fraction of sp³-hybridized carbons (Fsp3) is 0.474. The van der Waals surface area contributed by atoms with Gasteiger partial charge in [0.1, 0.15) is 0 Å². The molecule has 0 spiro atoms. The number of nitrogens with zero attached hydrogens (tertiary/aromatic N) is 4. The highest BCUT2D eigenvalue weighted by Crippen LogP contribution is 2.38. The number of aromatic nitrogens is 4. The number of imidazole rings is 1. The minimum absolute atomic E-state index is 0.0724. The van der Waals surface area contributed by atoms with Crippen molar-refractivity contribution in [3.63, 3.8) is 0 Å². The van der Waals surface area contributed by atoms with Gasteiger partial charge in [0.15, 0.2) is 5.82 Å². The maximum absolute atomic E-state index is 12.7. The summed E-state index contributed by atoms with van der Waals surface area (Å²) >= 11 is 0. The van der Waals surface area contributed by atoms with Crippen LogP contribution >= 0.6 is 0 Å². The summed E-state index contributed by atoms with van der Waals surface area (Å²) in [6.45, 7) is 3.25. The van der Waals surface area contributed by atoms with E-state index < -0.39 is 0 Å². The summed E-state index contributed by atoms with van der Waals surface area (Å²) in [6.07, 6.45) is 3.29. The molecule has 27 heavy (non-hydrogen) atoms. The third kappa shape index (κ3) is 3.65. The topological polar surface area (TPSA) is 95.0 Å². The van der Waals surface area contributed by atoms with Crippen molar-refractivity contribution in [3.8, 4) is 0 Å². The first kappa shape index (κ1) is 17.5. The van der Waals surface area contributed by atoms with Crippen LogP contribution in [0.3, 0.4) is 0 Å². The molecule has 0 radical (unpaired) electrons. The highest BCUT2D eigenvalue weighted by molar-refractivity contribution is 5.77. The van der Waals surface area contributed by atoms with Gasteiger partial charge < -0.3 is 9.84 Å². The number of hydrogen-bond acceptors (Lipinski definition) is 5. The molecule has 0 unspecified atom stereocenters. The number of hydrogen-bond donors (Lipinski definition) is 1. The molecule has 2 heterocycles. The molecule has 4 rings (SSSR count). The Kier molecular flexibility index (Phi) is 4.79. The Morgan fingerprint density at radius 1 is 1.22 bits per heavy atom. The molecule has 1 saturated carbocycles. The van der Waals surface area contributed by atoms with Crippen molar-refractivity contribution in [2.24, 2.45) is 0 Å². The summed E-state index contributed by atoms with van der Waals surface area (Å²) in [5.41, 5.74) is 1.69. The Hall–Kier alpha value is -2.90. The Morgan fingerprint density at radius 3 is 2.59 bits per heavy atom. The monoisotopic (exact) mass is 369 g/mol. The molecule has 1 aliphatic rings. The van der Waals surface area contributed by atoms with E-state index >= 15 is 0 Å². The zero-order chi connectivity index (χ0) is 18.8. The molecule has 0 aliphatic heterocycles. The molecule has 0 atom stereocenters. The highest BCUT2D eigenvalue weighted by atomic mass is 16.5. The molecule has 0 bridgehead atoms. The van der Waals surface area contributed by atoms with Crippen molar-refractivity contribution >= 4 is 16.9 Å². The van der Waals surface area contributed by atoms with E-state index in [1.807, 2.05) is 31.2 Å². The smallest absolute Gasteiger partial charge is 0.329 e.